The summed E-state index contributed by atoms with van der Waals surface area (Å²) >= 11 is 5.93. The Morgan fingerprint density at radius 3 is 3.00 bits per heavy atom. The number of fused-ring (bicyclic) bond motifs is 1. The first-order valence-corrected chi connectivity index (χ1v) is 4.80. The van der Waals surface area contributed by atoms with E-state index in [1.54, 1.807) is 6.07 Å². The van der Waals surface area contributed by atoms with E-state index in [4.69, 9.17) is 16.7 Å². The summed E-state index contributed by atoms with van der Waals surface area (Å²) in [5, 5.41) is 9.25. The molecule has 0 aliphatic carbocycles. The molecular weight excluding hydrogens is 216 g/mol. The minimum absolute atomic E-state index is 0.106. The average molecular weight is 225 g/mol. The molecule has 78 valence electrons. The molecule has 0 amide bonds. The van der Waals surface area contributed by atoms with Gasteiger partial charge in [-0.3, -0.25) is 4.79 Å². The van der Waals surface area contributed by atoms with Crippen molar-refractivity contribution in [1.29, 1.82) is 0 Å². The molecule has 0 aliphatic heterocycles. The number of imidazole rings is 1. The smallest absolute Gasteiger partial charge is 0.311 e. The van der Waals surface area contributed by atoms with Gasteiger partial charge in [0, 0.05) is 5.02 Å². The number of benzene rings is 1. The third-order valence-corrected chi connectivity index (χ3v) is 2.54. The number of nitrogens with zero attached hydrogens (tertiary/aromatic N) is 1. The van der Waals surface area contributed by atoms with E-state index in [0.717, 1.165) is 11.1 Å². The Morgan fingerprint density at radius 2 is 2.33 bits per heavy atom. The fourth-order valence-electron chi connectivity index (χ4n) is 1.42. The quantitative estimate of drug-likeness (QED) is 0.822. The molecule has 1 aromatic carbocycles. The second kappa shape index (κ2) is 3.55. The molecule has 0 radical (unpaired) electrons. The minimum Gasteiger partial charge on any atom is -0.481 e. The van der Waals surface area contributed by atoms with Crippen molar-refractivity contribution in [3.63, 3.8) is 0 Å². The minimum atomic E-state index is -0.906. The lowest BCUT2D eigenvalue weighted by Gasteiger charge is -1.95. The van der Waals surface area contributed by atoms with Gasteiger partial charge in [-0.25, -0.2) is 4.98 Å². The predicted molar refractivity (Wildman–Crippen MR) is 57.2 cm³/mol. The van der Waals surface area contributed by atoms with E-state index in [9.17, 15) is 4.79 Å². The summed E-state index contributed by atoms with van der Waals surface area (Å²) < 4.78 is 0. The number of carboxylic acid groups (broad SMARTS) is 1. The van der Waals surface area contributed by atoms with Crippen LogP contribution >= 0.6 is 11.6 Å². The van der Waals surface area contributed by atoms with Crippen LogP contribution in [-0.4, -0.2) is 21.0 Å². The number of aromatic amines is 1. The van der Waals surface area contributed by atoms with Gasteiger partial charge in [0.25, 0.3) is 0 Å². The van der Waals surface area contributed by atoms with Gasteiger partial charge in [0.2, 0.25) is 0 Å². The molecule has 2 rings (SSSR count). The number of H-pyrrole nitrogens is 1. The van der Waals surface area contributed by atoms with Crippen molar-refractivity contribution in [1.82, 2.24) is 9.97 Å². The number of nitrogens with one attached hydrogen (secondary N) is 1. The number of aliphatic carboxylic acids is 1. The fraction of sp³-hybridized carbons (Fsp3) is 0.200. The molecular formula is C10H9ClN2O2. The first-order valence-electron chi connectivity index (χ1n) is 4.43. The molecule has 2 aromatic rings. The first-order chi connectivity index (χ1) is 7.06. The van der Waals surface area contributed by atoms with Crippen LogP contribution in [0.5, 0.6) is 0 Å². The third kappa shape index (κ3) is 1.94. The molecule has 0 saturated heterocycles. The highest BCUT2D eigenvalue weighted by atomic mass is 35.5. The monoisotopic (exact) mass is 224 g/mol. The molecule has 0 aliphatic rings. The molecule has 1 heterocycles. The average Bonchev–Trinajstić information content (AvgIpc) is 2.46. The van der Waals surface area contributed by atoms with E-state index in [1.807, 2.05) is 13.0 Å². The summed E-state index contributed by atoms with van der Waals surface area (Å²) in [5.41, 5.74) is 2.45. The molecule has 5 heteroatoms. The number of carboxylic acids is 1. The predicted octanol–water partition coefficient (Wildman–Crippen LogP) is 2.15. The SMILES string of the molecule is Cc1cc2[nH]c(CC(=O)O)nc2cc1Cl. The number of halogens is 1. The normalized spacial score (nSPS) is 10.8. The Balaban J connectivity index is 2.51. The standard InChI is InChI=1S/C10H9ClN2O2/c1-5-2-7-8(3-6(5)11)13-9(12-7)4-10(14)15/h2-3H,4H2,1H3,(H,12,13)(H,14,15). The van der Waals surface area contributed by atoms with Crippen molar-refractivity contribution in [2.45, 2.75) is 13.3 Å². The number of hydrogen-bond acceptors (Lipinski definition) is 2. The Bertz CT molecular complexity index is 494. The van der Waals surface area contributed by atoms with Gasteiger partial charge in [0.15, 0.2) is 0 Å². The lowest BCUT2D eigenvalue weighted by molar-refractivity contribution is -0.136. The summed E-state index contributed by atoms with van der Waals surface area (Å²) in [6.07, 6.45) is -0.106. The largest absolute Gasteiger partial charge is 0.481 e. The Kier molecular flexibility index (Phi) is 2.36. The van der Waals surface area contributed by atoms with Crippen LogP contribution in [-0.2, 0) is 11.2 Å². The molecule has 0 bridgehead atoms. The molecule has 1 aromatic heterocycles. The van der Waals surface area contributed by atoms with Crippen LogP contribution in [0.1, 0.15) is 11.4 Å². The summed E-state index contributed by atoms with van der Waals surface area (Å²) in [7, 11) is 0. The molecule has 4 nitrogen and oxygen atoms in total. The fourth-order valence-corrected chi connectivity index (χ4v) is 1.58. The van der Waals surface area contributed by atoms with E-state index in [0.29, 0.717) is 16.4 Å². The van der Waals surface area contributed by atoms with Crippen molar-refractivity contribution < 1.29 is 9.90 Å². The van der Waals surface area contributed by atoms with Crippen molar-refractivity contribution in [3.05, 3.63) is 28.5 Å². The Morgan fingerprint density at radius 1 is 1.60 bits per heavy atom. The summed E-state index contributed by atoms with van der Waals surface area (Å²) in [6, 6.07) is 3.59. The number of rotatable bonds is 2. The lowest BCUT2D eigenvalue weighted by atomic mass is 10.2. The molecule has 15 heavy (non-hydrogen) atoms. The highest BCUT2D eigenvalue weighted by Crippen LogP contribution is 2.21. The lowest BCUT2D eigenvalue weighted by Crippen LogP contribution is -2.01. The maximum Gasteiger partial charge on any atom is 0.311 e. The van der Waals surface area contributed by atoms with Crippen LogP contribution in [0.2, 0.25) is 5.02 Å². The number of aryl methyl sites for hydroxylation is 1. The van der Waals surface area contributed by atoms with Crippen LogP contribution in [0, 0.1) is 6.92 Å². The van der Waals surface area contributed by atoms with Gasteiger partial charge in [-0.15, -0.1) is 0 Å². The van der Waals surface area contributed by atoms with E-state index in [-0.39, 0.29) is 6.42 Å². The second-order valence-corrected chi connectivity index (χ2v) is 3.78. The molecule has 2 N–H and O–H groups in total. The summed E-state index contributed by atoms with van der Waals surface area (Å²) in [4.78, 5) is 17.6. The maximum absolute atomic E-state index is 10.5. The molecule has 0 unspecified atom stereocenters. The van der Waals surface area contributed by atoms with Crippen molar-refractivity contribution >= 4 is 28.6 Å². The van der Waals surface area contributed by atoms with Crippen molar-refractivity contribution in [2.24, 2.45) is 0 Å². The van der Waals surface area contributed by atoms with Crippen LogP contribution in [0.4, 0.5) is 0 Å². The summed E-state index contributed by atoms with van der Waals surface area (Å²) in [6.45, 7) is 1.89. The van der Waals surface area contributed by atoms with Crippen LogP contribution in [0.3, 0.4) is 0 Å². The van der Waals surface area contributed by atoms with Crippen LogP contribution < -0.4 is 0 Å². The molecule has 0 atom stereocenters. The highest BCUT2D eigenvalue weighted by Gasteiger charge is 2.08. The zero-order chi connectivity index (χ0) is 11.0. The summed E-state index contributed by atoms with van der Waals surface area (Å²) in [5.74, 6) is -0.462. The first kappa shape index (κ1) is 9.98. The van der Waals surface area contributed by atoms with Crippen molar-refractivity contribution in [2.75, 3.05) is 0 Å². The third-order valence-electron chi connectivity index (χ3n) is 2.13. The highest BCUT2D eigenvalue weighted by molar-refractivity contribution is 6.32. The van der Waals surface area contributed by atoms with Crippen LogP contribution in [0.25, 0.3) is 11.0 Å². The molecule has 0 fully saturated rings. The molecule has 0 saturated carbocycles. The van der Waals surface area contributed by atoms with Gasteiger partial charge < -0.3 is 10.1 Å². The number of carbonyl (C=O) groups is 1. The van der Waals surface area contributed by atoms with Gasteiger partial charge in [0.05, 0.1) is 11.0 Å². The van der Waals surface area contributed by atoms with Crippen molar-refractivity contribution in [3.8, 4) is 0 Å². The molecule has 0 spiro atoms. The van der Waals surface area contributed by atoms with E-state index >= 15 is 0 Å². The van der Waals surface area contributed by atoms with E-state index in [2.05, 4.69) is 9.97 Å². The van der Waals surface area contributed by atoms with Gasteiger partial charge in [-0.1, -0.05) is 11.6 Å². The zero-order valence-corrected chi connectivity index (χ0v) is 8.80. The van der Waals surface area contributed by atoms with E-state index < -0.39 is 5.97 Å². The van der Waals surface area contributed by atoms with E-state index in [1.165, 1.54) is 0 Å². The number of hydrogen-bond donors (Lipinski definition) is 2. The maximum atomic E-state index is 10.5. The Labute approximate surface area is 90.9 Å². The van der Waals surface area contributed by atoms with Gasteiger partial charge in [-0.05, 0) is 24.6 Å². The van der Waals surface area contributed by atoms with Gasteiger partial charge in [0.1, 0.15) is 12.2 Å². The number of aromatic nitrogens is 2. The van der Waals surface area contributed by atoms with Crippen LogP contribution in [0.15, 0.2) is 12.1 Å². The van der Waals surface area contributed by atoms with Gasteiger partial charge >= 0.3 is 5.97 Å². The Hall–Kier alpha value is -1.55. The second-order valence-electron chi connectivity index (χ2n) is 3.37. The zero-order valence-electron chi connectivity index (χ0n) is 8.04. The van der Waals surface area contributed by atoms with Gasteiger partial charge in [-0.2, -0.15) is 0 Å². The topological polar surface area (TPSA) is 66.0 Å².